The monoisotopic (exact) mass is 299 g/mol. The summed E-state index contributed by atoms with van der Waals surface area (Å²) in [6.45, 7) is 1.53. The number of nitrogens with zero attached hydrogens (tertiary/aromatic N) is 1. The Bertz CT molecular complexity index is 737. The van der Waals surface area contributed by atoms with Crippen molar-refractivity contribution in [3.63, 3.8) is 0 Å². The van der Waals surface area contributed by atoms with Crippen LogP contribution in [0.2, 0.25) is 0 Å². The maximum absolute atomic E-state index is 11.3. The first-order valence-corrected chi connectivity index (χ1v) is 7.77. The number of fused-ring (bicyclic) bond motifs is 1. The summed E-state index contributed by atoms with van der Waals surface area (Å²) in [6, 6.07) is 6.59. The standard InChI is InChI=1S/C17H21N3O2/c1-20(2)6-5-12-9-18-15-4-3-11(7-13(12)15)14-8-17(14)10-22-16(21)19-17/h3-4,7,9,14,18H,5-6,8,10H2,1-2H3,(H,19,21)/t14-,17-/m0/s1. The zero-order valence-corrected chi connectivity index (χ0v) is 13.0. The van der Waals surface area contributed by atoms with Crippen LogP contribution in [0.4, 0.5) is 4.79 Å². The number of H-pyrrole nitrogens is 1. The number of likely N-dealkylation sites (N-methyl/N-ethyl adjacent to an activating group) is 1. The third-order valence-electron chi connectivity index (χ3n) is 4.91. The first kappa shape index (κ1) is 13.6. The van der Waals surface area contributed by atoms with E-state index in [1.54, 1.807) is 0 Å². The van der Waals surface area contributed by atoms with Gasteiger partial charge in [-0.1, -0.05) is 6.07 Å². The normalized spacial score (nSPS) is 26.7. The highest BCUT2D eigenvalue weighted by Crippen LogP contribution is 2.53. The van der Waals surface area contributed by atoms with Gasteiger partial charge in [-0.25, -0.2) is 4.79 Å². The average molecular weight is 299 g/mol. The van der Waals surface area contributed by atoms with Crippen molar-refractivity contribution in [2.24, 2.45) is 0 Å². The summed E-state index contributed by atoms with van der Waals surface area (Å²) in [7, 11) is 4.19. The Morgan fingerprint density at radius 3 is 3.00 bits per heavy atom. The van der Waals surface area contributed by atoms with Crippen LogP contribution in [0.1, 0.15) is 23.5 Å². The van der Waals surface area contributed by atoms with Gasteiger partial charge in [0, 0.05) is 29.6 Å². The summed E-state index contributed by atoms with van der Waals surface area (Å²) >= 11 is 0. The zero-order valence-electron chi connectivity index (χ0n) is 13.0. The van der Waals surface area contributed by atoms with Gasteiger partial charge >= 0.3 is 6.09 Å². The van der Waals surface area contributed by atoms with Gasteiger partial charge in [0.1, 0.15) is 6.61 Å². The molecule has 2 heterocycles. The van der Waals surface area contributed by atoms with Gasteiger partial charge in [-0.2, -0.15) is 0 Å². The van der Waals surface area contributed by atoms with Gasteiger partial charge in [0.15, 0.2) is 0 Å². The van der Waals surface area contributed by atoms with E-state index in [-0.39, 0.29) is 11.6 Å². The van der Waals surface area contributed by atoms with Gasteiger partial charge in [0.05, 0.1) is 5.54 Å². The molecule has 1 amide bonds. The SMILES string of the molecule is CN(C)CCc1c[nH]c2ccc([C@@H]3C[C@]34COC(=O)N4)cc12. The third-order valence-corrected chi connectivity index (χ3v) is 4.91. The van der Waals surface area contributed by atoms with E-state index in [0.717, 1.165) is 19.4 Å². The van der Waals surface area contributed by atoms with Crippen LogP contribution in [0.5, 0.6) is 0 Å². The van der Waals surface area contributed by atoms with Gasteiger partial charge in [-0.15, -0.1) is 0 Å². The largest absolute Gasteiger partial charge is 0.447 e. The molecule has 22 heavy (non-hydrogen) atoms. The summed E-state index contributed by atoms with van der Waals surface area (Å²) in [5, 5.41) is 4.27. The Labute approximate surface area is 129 Å². The summed E-state index contributed by atoms with van der Waals surface area (Å²) in [6.07, 6.45) is 3.84. The van der Waals surface area contributed by atoms with Crippen LogP contribution in [-0.4, -0.2) is 48.8 Å². The van der Waals surface area contributed by atoms with E-state index in [2.05, 4.69) is 53.7 Å². The zero-order chi connectivity index (χ0) is 15.3. The smallest absolute Gasteiger partial charge is 0.407 e. The highest BCUT2D eigenvalue weighted by atomic mass is 16.6. The van der Waals surface area contributed by atoms with E-state index in [1.807, 2.05) is 0 Å². The lowest BCUT2D eigenvalue weighted by Crippen LogP contribution is -2.29. The van der Waals surface area contributed by atoms with Gasteiger partial charge < -0.3 is 19.9 Å². The molecular formula is C17H21N3O2. The fourth-order valence-corrected chi connectivity index (χ4v) is 3.47. The Morgan fingerprint density at radius 1 is 1.41 bits per heavy atom. The number of aromatic nitrogens is 1. The molecule has 2 aromatic rings. The van der Waals surface area contributed by atoms with Crippen molar-refractivity contribution in [1.29, 1.82) is 0 Å². The number of hydrogen-bond donors (Lipinski definition) is 2. The minimum Gasteiger partial charge on any atom is -0.447 e. The first-order valence-electron chi connectivity index (χ1n) is 7.77. The highest BCUT2D eigenvalue weighted by Gasteiger charge is 2.60. The van der Waals surface area contributed by atoms with Crippen molar-refractivity contribution in [3.05, 3.63) is 35.5 Å². The molecule has 4 rings (SSSR count). The van der Waals surface area contributed by atoms with Crippen LogP contribution in [0, 0.1) is 0 Å². The number of amides is 1. The molecule has 2 atom stereocenters. The number of cyclic esters (lactones) is 1. The summed E-state index contributed by atoms with van der Waals surface area (Å²) in [5.74, 6) is 0.375. The number of nitrogens with one attached hydrogen (secondary N) is 2. The second-order valence-electron chi connectivity index (χ2n) is 6.79. The number of aromatic amines is 1. The number of hydrogen-bond acceptors (Lipinski definition) is 3. The van der Waals surface area contributed by atoms with Crippen molar-refractivity contribution in [3.8, 4) is 0 Å². The van der Waals surface area contributed by atoms with Crippen molar-refractivity contribution in [2.75, 3.05) is 27.2 Å². The first-order chi connectivity index (χ1) is 10.6. The Balaban J connectivity index is 1.61. The molecule has 1 aromatic heterocycles. The maximum Gasteiger partial charge on any atom is 0.407 e. The molecule has 2 aliphatic rings. The molecule has 5 nitrogen and oxygen atoms in total. The number of alkyl carbamates (subject to hydrolysis) is 1. The molecule has 1 saturated carbocycles. The molecule has 1 aromatic carbocycles. The van der Waals surface area contributed by atoms with Gasteiger partial charge in [0.25, 0.3) is 0 Å². The summed E-state index contributed by atoms with van der Waals surface area (Å²) in [5.41, 5.74) is 3.68. The van der Waals surface area contributed by atoms with Crippen LogP contribution in [0.3, 0.4) is 0 Å². The van der Waals surface area contributed by atoms with E-state index in [0.29, 0.717) is 12.5 Å². The molecular weight excluding hydrogens is 278 g/mol. The molecule has 2 N–H and O–H groups in total. The van der Waals surface area contributed by atoms with Crippen LogP contribution in [-0.2, 0) is 11.2 Å². The van der Waals surface area contributed by atoms with Crippen molar-refractivity contribution < 1.29 is 9.53 Å². The van der Waals surface area contributed by atoms with E-state index in [4.69, 9.17) is 4.74 Å². The predicted molar refractivity (Wildman–Crippen MR) is 85.1 cm³/mol. The number of benzene rings is 1. The fraction of sp³-hybridized carbons (Fsp3) is 0.471. The molecule has 2 fully saturated rings. The molecule has 1 aliphatic carbocycles. The van der Waals surface area contributed by atoms with Crippen molar-refractivity contribution >= 4 is 17.0 Å². The lowest BCUT2D eigenvalue weighted by molar-refractivity contribution is 0.176. The second kappa shape index (κ2) is 4.74. The number of ether oxygens (including phenoxy) is 1. The van der Waals surface area contributed by atoms with Crippen LogP contribution in [0.25, 0.3) is 10.9 Å². The quantitative estimate of drug-likeness (QED) is 0.910. The van der Waals surface area contributed by atoms with Gasteiger partial charge in [-0.3, -0.25) is 0 Å². The third kappa shape index (κ3) is 2.16. The molecule has 1 saturated heterocycles. The highest BCUT2D eigenvalue weighted by molar-refractivity contribution is 5.84. The molecule has 116 valence electrons. The van der Waals surface area contributed by atoms with Crippen molar-refractivity contribution in [1.82, 2.24) is 15.2 Å². The molecule has 5 heteroatoms. The van der Waals surface area contributed by atoms with Gasteiger partial charge in [-0.05, 0) is 50.2 Å². The maximum atomic E-state index is 11.3. The van der Waals surface area contributed by atoms with Gasteiger partial charge in [0.2, 0.25) is 0 Å². The molecule has 0 bridgehead atoms. The number of rotatable bonds is 4. The predicted octanol–water partition coefficient (Wildman–Crippen LogP) is 2.24. The van der Waals surface area contributed by atoms with Crippen molar-refractivity contribution in [2.45, 2.75) is 24.3 Å². The van der Waals surface area contributed by atoms with E-state index >= 15 is 0 Å². The molecule has 1 aliphatic heterocycles. The molecule has 0 radical (unpaired) electrons. The average Bonchev–Trinajstić information content (AvgIpc) is 2.84. The fourth-order valence-electron chi connectivity index (χ4n) is 3.47. The minimum atomic E-state index is -0.281. The lowest BCUT2D eigenvalue weighted by atomic mass is 10.0. The van der Waals surface area contributed by atoms with E-state index < -0.39 is 0 Å². The van der Waals surface area contributed by atoms with Crippen LogP contribution < -0.4 is 5.32 Å². The molecule has 1 spiro atoms. The van der Waals surface area contributed by atoms with E-state index in [1.165, 1.54) is 22.0 Å². The van der Waals surface area contributed by atoms with Crippen LogP contribution in [0.15, 0.2) is 24.4 Å². The summed E-state index contributed by atoms with van der Waals surface area (Å²) < 4.78 is 5.08. The Kier molecular flexibility index (Phi) is 2.94. The van der Waals surface area contributed by atoms with E-state index in [9.17, 15) is 4.79 Å². The Morgan fingerprint density at radius 2 is 2.27 bits per heavy atom. The number of carbonyl (C=O) groups is 1. The van der Waals surface area contributed by atoms with Crippen LogP contribution >= 0.6 is 0 Å². The topological polar surface area (TPSA) is 57.4 Å². The second-order valence-corrected chi connectivity index (χ2v) is 6.79. The lowest BCUT2D eigenvalue weighted by Gasteiger charge is -2.09. The Hall–Kier alpha value is -2.01. The molecule has 0 unspecified atom stereocenters. The minimum absolute atomic E-state index is 0.148. The summed E-state index contributed by atoms with van der Waals surface area (Å²) in [4.78, 5) is 16.9. The number of carbonyl (C=O) groups excluding carboxylic acids is 1.